The lowest BCUT2D eigenvalue weighted by molar-refractivity contribution is 0.321. The third kappa shape index (κ3) is 3.63. The van der Waals surface area contributed by atoms with Gasteiger partial charge in [0.05, 0.1) is 6.61 Å². The molecule has 0 fully saturated rings. The van der Waals surface area contributed by atoms with Crippen molar-refractivity contribution >= 4 is 0 Å². The number of aromatic nitrogens is 3. The number of pyridine rings is 1. The molecule has 1 aromatic carbocycles. The largest absolute Gasteiger partial charge is 0.490 e. The second-order valence-electron chi connectivity index (χ2n) is 4.88. The smallest absolute Gasteiger partial charge is 0.178 e. The van der Waals surface area contributed by atoms with Crippen molar-refractivity contribution in [1.82, 2.24) is 15.0 Å². The zero-order valence-electron chi connectivity index (χ0n) is 13.1. The van der Waals surface area contributed by atoms with Gasteiger partial charge in [0.2, 0.25) is 0 Å². The molecule has 0 aliphatic carbocycles. The Balaban J connectivity index is 1.89. The second kappa shape index (κ2) is 6.87. The normalized spacial score (nSPS) is 10.3. The SMILES string of the molecule is CCOc1ccccc1Oc1ccnc(-c2nccc(C)n2)c1. The van der Waals surface area contributed by atoms with Gasteiger partial charge in [0, 0.05) is 24.2 Å². The molecule has 2 heterocycles. The van der Waals surface area contributed by atoms with E-state index in [2.05, 4.69) is 15.0 Å². The van der Waals surface area contributed by atoms with Crippen molar-refractivity contribution in [3.63, 3.8) is 0 Å². The van der Waals surface area contributed by atoms with Gasteiger partial charge in [-0.15, -0.1) is 0 Å². The number of nitrogens with zero attached hydrogens (tertiary/aromatic N) is 3. The van der Waals surface area contributed by atoms with Crippen LogP contribution in [-0.2, 0) is 0 Å². The molecule has 0 saturated carbocycles. The predicted molar refractivity (Wildman–Crippen MR) is 87.7 cm³/mol. The van der Waals surface area contributed by atoms with Crippen LogP contribution in [0.3, 0.4) is 0 Å². The Bertz CT molecular complexity index is 806. The Morgan fingerprint density at radius 2 is 1.74 bits per heavy atom. The summed E-state index contributed by atoms with van der Waals surface area (Å²) in [7, 11) is 0. The van der Waals surface area contributed by atoms with Gasteiger partial charge in [0.25, 0.3) is 0 Å². The fraction of sp³-hybridized carbons (Fsp3) is 0.167. The Labute approximate surface area is 135 Å². The predicted octanol–water partition coefficient (Wildman–Crippen LogP) is 4.04. The fourth-order valence-electron chi connectivity index (χ4n) is 2.11. The van der Waals surface area contributed by atoms with Crippen LogP contribution in [0.25, 0.3) is 11.5 Å². The minimum absolute atomic E-state index is 0.577. The van der Waals surface area contributed by atoms with E-state index in [0.29, 0.717) is 35.4 Å². The third-order valence-electron chi connectivity index (χ3n) is 3.13. The van der Waals surface area contributed by atoms with Gasteiger partial charge in [-0.05, 0) is 38.1 Å². The van der Waals surface area contributed by atoms with Gasteiger partial charge in [-0.2, -0.15) is 0 Å². The molecule has 3 rings (SSSR count). The van der Waals surface area contributed by atoms with Crippen LogP contribution in [0.15, 0.2) is 54.9 Å². The molecule has 0 saturated heterocycles. The number of aryl methyl sites for hydroxylation is 1. The molecule has 0 atom stereocenters. The van der Waals surface area contributed by atoms with E-state index < -0.39 is 0 Å². The summed E-state index contributed by atoms with van der Waals surface area (Å²) in [6.45, 7) is 4.44. The second-order valence-corrected chi connectivity index (χ2v) is 4.88. The zero-order valence-corrected chi connectivity index (χ0v) is 13.1. The molecule has 116 valence electrons. The van der Waals surface area contributed by atoms with E-state index in [1.807, 2.05) is 50.2 Å². The van der Waals surface area contributed by atoms with E-state index in [-0.39, 0.29) is 0 Å². The molecule has 0 aliphatic heterocycles. The van der Waals surface area contributed by atoms with Crippen molar-refractivity contribution in [3.8, 4) is 28.8 Å². The van der Waals surface area contributed by atoms with Crippen molar-refractivity contribution in [2.24, 2.45) is 0 Å². The number of hydrogen-bond acceptors (Lipinski definition) is 5. The number of para-hydroxylation sites is 2. The zero-order chi connectivity index (χ0) is 16.1. The molecule has 0 N–H and O–H groups in total. The Hall–Kier alpha value is -2.95. The molecule has 5 nitrogen and oxygen atoms in total. The topological polar surface area (TPSA) is 57.1 Å². The van der Waals surface area contributed by atoms with E-state index in [1.54, 1.807) is 18.5 Å². The van der Waals surface area contributed by atoms with Crippen LogP contribution in [0.1, 0.15) is 12.6 Å². The summed E-state index contributed by atoms with van der Waals surface area (Å²) >= 11 is 0. The van der Waals surface area contributed by atoms with E-state index in [4.69, 9.17) is 9.47 Å². The first-order valence-corrected chi connectivity index (χ1v) is 7.42. The van der Waals surface area contributed by atoms with Gasteiger partial charge in [-0.3, -0.25) is 4.98 Å². The van der Waals surface area contributed by atoms with Gasteiger partial charge in [0.1, 0.15) is 11.4 Å². The van der Waals surface area contributed by atoms with E-state index >= 15 is 0 Å². The monoisotopic (exact) mass is 307 g/mol. The van der Waals surface area contributed by atoms with Gasteiger partial charge in [-0.25, -0.2) is 9.97 Å². The first-order chi connectivity index (χ1) is 11.3. The van der Waals surface area contributed by atoms with Crippen molar-refractivity contribution in [1.29, 1.82) is 0 Å². The molecule has 5 heteroatoms. The highest BCUT2D eigenvalue weighted by Gasteiger charge is 2.08. The molecule has 0 amide bonds. The average molecular weight is 307 g/mol. The van der Waals surface area contributed by atoms with E-state index in [0.717, 1.165) is 5.69 Å². The summed E-state index contributed by atoms with van der Waals surface area (Å²) in [6, 6.07) is 13.0. The maximum Gasteiger partial charge on any atom is 0.178 e. The summed E-state index contributed by atoms with van der Waals surface area (Å²) in [5, 5.41) is 0. The number of benzene rings is 1. The Morgan fingerprint density at radius 1 is 0.957 bits per heavy atom. The highest BCUT2D eigenvalue weighted by atomic mass is 16.5. The maximum atomic E-state index is 5.93. The molecule has 0 aliphatic rings. The molecule has 0 spiro atoms. The highest BCUT2D eigenvalue weighted by Crippen LogP contribution is 2.32. The first-order valence-electron chi connectivity index (χ1n) is 7.42. The minimum atomic E-state index is 0.577. The summed E-state index contributed by atoms with van der Waals surface area (Å²) in [4.78, 5) is 13.0. The summed E-state index contributed by atoms with van der Waals surface area (Å²) < 4.78 is 11.5. The van der Waals surface area contributed by atoms with E-state index in [1.165, 1.54) is 0 Å². The number of rotatable bonds is 5. The molecule has 2 aromatic heterocycles. The van der Waals surface area contributed by atoms with Gasteiger partial charge in [-0.1, -0.05) is 12.1 Å². The highest BCUT2D eigenvalue weighted by molar-refractivity contribution is 5.52. The quantitative estimate of drug-likeness (QED) is 0.712. The average Bonchev–Trinajstić information content (AvgIpc) is 2.57. The van der Waals surface area contributed by atoms with Crippen LogP contribution in [0.4, 0.5) is 0 Å². The lowest BCUT2D eigenvalue weighted by atomic mass is 10.3. The summed E-state index contributed by atoms with van der Waals surface area (Å²) in [5.74, 6) is 2.61. The Kier molecular flexibility index (Phi) is 4.47. The molecule has 0 radical (unpaired) electrons. The summed E-state index contributed by atoms with van der Waals surface area (Å²) in [6.07, 6.45) is 3.40. The summed E-state index contributed by atoms with van der Waals surface area (Å²) in [5.41, 5.74) is 1.56. The van der Waals surface area contributed by atoms with Crippen LogP contribution in [0.5, 0.6) is 17.2 Å². The molecular weight excluding hydrogens is 290 g/mol. The first kappa shape index (κ1) is 15.0. The van der Waals surface area contributed by atoms with Gasteiger partial charge >= 0.3 is 0 Å². The lowest BCUT2D eigenvalue weighted by Crippen LogP contribution is -1.96. The maximum absolute atomic E-state index is 5.93. The minimum Gasteiger partial charge on any atom is -0.490 e. The third-order valence-corrected chi connectivity index (χ3v) is 3.13. The van der Waals surface area contributed by atoms with E-state index in [9.17, 15) is 0 Å². The molecule has 3 aromatic rings. The van der Waals surface area contributed by atoms with Crippen molar-refractivity contribution in [2.45, 2.75) is 13.8 Å². The van der Waals surface area contributed by atoms with Crippen LogP contribution < -0.4 is 9.47 Å². The Morgan fingerprint density at radius 3 is 2.52 bits per heavy atom. The van der Waals surface area contributed by atoms with Gasteiger partial charge < -0.3 is 9.47 Å². The molecule has 23 heavy (non-hydrogen) atoms. The lowest BCUT2D eigenvalue weighted by Gasteiger charge is -2.11. The van der Waals surface area contributed by atoms with Crippen molar-refractivity contribution < 1.29 is 9.47 Å². The number of ether oxygens (including phenoxy) is 2. The molecular formula is C18H17N3O2. The standard InChI is InChI=1S/C18H17N3O2/c1-3-22-16-6-4-5-7-17(16)23-14-9-11-19-15(12-14)18-20-10-8-13(2)21-18/h4-12H,3H2,1-2H3. The van der Waals surface area contributed by atoms with Crippen LogP contribution in [0.2, 0.25) is 0 Å². The number of hydrogen-bond donors (Lipinski definition) is 0. The molecule has 0 bridgehead atoms. The van der Waals surface area contributed by atoms with Crippen molar-refractivity contribution in [3.05, 3.63) is 60.6 Å². The van der Waals surface area contributed by atoms with Crippen LogP contribution in [-0.4, -0.2) is 21.6 Å². The van der Waals surface area contributed by atoms with Crippen LogP contribution >= 0.6 is 0 Å². The van der Waals surface area contributed by atoms with Gasteiger partial charge in [0.15, 0.2) is 17.3 Å². The fourth-order valence-corrected chi connectivity index (χ4v) is 2.11. The van der Waals surface area contributed by atoms with Crippen LogP contribution in [0, 0.1) is 6.92 Å². The van der Waals surface area contributed by atoms with Crippen molar-refractivity contribution in [2.75, 3.05) is 6.61 Å². The molecule has 0 unspecified atom stereocenters.